The van der Waals surface area contributed by atoms with Gasteiger partial charge in [0, 0.05) is 18.0 Å². The van der Waals surface area contributed by atoms with Crippen molar-refractivity contribution in [3.8, 4) is 11.5 Å². The molecule has 1 aromatic carbocycles. The number of phenols is 1. The second-order valence-corrected chi connectivity index (χ2v) is 10.6. The highest BCUT2D eigenvalue weighted by atomic mass is 16.5. The van der Waals surface area contributed by atoms with Crippen molar-refractivity contribution >= 4 is 5.91 Å². The van der Waals surface area contributed by atoms with Crippen molar-refractivity contribution in [1.29, 1.82) is 0 Å². The van der Waals surface area contributed by atoms with E-state index >= 15 is 0 Å². The van der Waals surface area contributed by atoms with Gasteiger partial charge < -0.3 is 20.3 Å². The summed E-state index contributed by atoms with van der Waals surface area (Å²) in [5.74, 6) is 2.47. The van der Waals surface area contributed by atoms with E-state index in [1.165, 1.54) is 0 Å². The zero-order chi connectivity index (χ0) is 20.7. The second-order valence-electron chi connectivity index (χ2n) is 10.6. The van der Waals surface area contributed by atoms with Crippen LogP contribution in [0.2, 0.25) is 0 Å². The highest BCUT2D eigenvalue weighted by molar-refractivity contribution is 5.86. The Morgan fingerprint density at radius 1 is 1.07 bits per heavy atom. The number of benzene rings is 1. The molecule has 1 aromatic rings. The number of hydrogen-bond donors (Lipinski definition) is 3. The maximum atomic E-state index is 13.4. The summed E-state index contributed by atoms with van der Waals surface area (Å²) in [6.45, 7) is 7.67. The summed E-state index contributed by atoms with van der Waals surface area (Å²) in [6, 6.07) is 0.158. The lowest BCUT2D eigenvalue weighted by molar-refractivity contribution is -0.154. The number of phenolic OH excluding ortho intramolecular Hbond substituents is 1. The third-order valence-corrected chi connectivity index (χ3v) is 8.54. The van der Waals surface area contributed by atoms with E-state index in [2.05, 4.69) is 5.32 Å². The van der Waals surface area contributed by atoms with Crippen LogP contribution in [0.15, 0.2) is 0 Å². The summed E-state index contributed by atoms with van der Waals surface area (Å²) < 4.78 is 6.37. The molecule has 5 aliphatic rings. The Labute approximate surface area is 172 Å². The molecule has 6 atom stereocenters. The molecule has 158 valence electrons. The Morgan fingerprint density at radius 2 is 1.72 bits per heavy atom. The third-order valence-electron chi connectivity index (χ3n) is 8.54. The lowest BCUT2D eigenvalue weighted by Gasteiger charge is -2.58. The number of hydrogen-bond acceptors (Lipinski definition) is 4. The van der Waals surface area contributed by atoms with Crippen molar-refractivity contribution < 1.29 is 19.7 Å². The van der Waals surface area contributed by atoms with Gasteiger partial charge in [-0.3, -0.25) is 4.79 Å². The highest BCUT2D eigenvalue weighted by Crippen LogP contribution is 2.55. The minimum Gasteiger partial charge on any atom is -0.507 e. The van der Waals surface area contributed by atoms with Gasteiger partial charge in [-0.05, 0) is 101 Å². The highest BCUT2D eigenvalue weighted by Gasteiger charge is 2.56. The first-order chi connectivity index (χ1) is 13.6. The quantitative estimate of drug-likeness (QED) is 0.712. The molecule has 0 spiro atoms. The number of aliphatic hydroxyl groups is 1. The Kier molecular flexibility index (Phi) is 4.06. The van der Waals surface area contributed by atoms with E-state index in [0.717, 1.165) is 66.5 Å². The molecule has 1 amide bonds. The molecule has 29 heavy (non-hydrogen) atoms. The number of ether oxygens (including phenoxy) is 1. The number of amides is 1. The zero-order valence-corrected chi connectivity index (χ0v) is 18.0. The number of rotatable bonds is 2. The van der Waals surface area contributed by atoms with E-state index in [1.54, 1.807) is 0 Å². The van der Waals surface area contributed by atoms with Crippen molar-refractivity contribution in [2.75, 3.05) is 0 Å². The van der Waals surface area contributed by atoms with Crippen LogP contribution < -0.4 is 10.1 Å². The average Bonchev–Trinajstić information content (AvgIpc) is 2.66. The normalized spacial score (nSPS) is 39.8. The van der Waals surface area contributed by atoms with Crippen LogP contribution in [0.5, 0.6) is 11.5 Å². The maximum Gasteiger partial charge on any atom is 0.264 e. The van der Waals surface area contributed by atoms with E-state index in [1.807, 2.05) is 27.7 Å². The van der Waals surface area contributed by atoms with E-state index in [-0.39, 0.29) is 11.9 Å². The lowest BCUT2D eigenvalue weighted by Crippen LogP contribution is -2.64. The summed E-state index contributed by atoms with van der Waals surface area (Å²) in [5.41, 5.74) is 2.22. The molecule has 0 aromatic heterocycles. The zero-order valence-electron chi connectivity index (χ0n) is 18.0. The van der Waals surface area contributed by atoms with E-state index in [9.17, 15) is 15.0 Å². The number of carbonyl (C=O) groups excluding carboxylic acids is 1. The van der Waals surface area contributed by atoms with Gasteiger partial charge in [0.15, 0.2) is 5.60 Å². The molecule has 5 nitrogen and oxygen atoms in total. The average molecular weight is 400 g/mol. The summed E-state index contributed by atoms with van der Waals surface area (Å²) in [6.07, 6.45) is 6.16. The molecule has 5 heteroatoms. The van der Waals surface area contributed by atoms with Crippen LogP contribution in [0.4, 0.5) is 0 Å². The monoisotopic (exact) mass is 399 g/mol. The van der Waals surface area contributed by atoms with E-state index in [4.69, 9.17) is 4.74 Å². The minimum atomic E-state index is -0.904. The fourth-order valence-corrected chi connectivity index (χ4v) is 6.93. The molecule has 3 N–H and O–H groups in total. The summed E-state index contributed by atoms with van der Waals surface area (Å²) in [5, 5.41) is 24.5. The third kappa shape index (κ3) is 2.80. The topological polar surface area (TPSA) is 78.8 Å². The van der Waals surface area contributed by atoms with Crippen molar-refractivity contribution in [2.24, 2.45) is 17.8 Å². The van der Waals surface area contributed by atoms with E-state index < -0.39 is 11.2 Å². The molecule has 4 aliphatic carbocycles. The van der Waals surface area contributed by atoms with Crippen LogP contribution in [0.1, 0.15) is 67.7 Å². The fourth-order valence-electron chi connectivity index (χ4n) is 6.93. The Hall–Kier alpha value is -1.75. The van der Waals surface area contributed by atoms with Crippen LogP contribution in [-0.4, -0.2) is 33.4 Å². The van der Waals surface area contributed by atoms with Gasteiger partial charge in [-0.15, -0.1) is 0 Å². The number of fused-ring (bicyclic) bond motifs is 1. The molecule has 1 heterocycles. The van der Waals surface area contributed by atoms with Crippen LogP contribution in [0.25, 0.3) is 0 Å². The van der Waals surface area contributed by atoms with Gasteiger partial charge in [-0.1, -0.05) is 0 Å². The first-order valence-corrected chi connectivity index (χ1v) is 11.1. The summed E-state index contributed by atoms with van der Waals surface area (Å²) in [7, 11) is 0. The Bertz CT molecular complexity index is 878. The first kappa shape index (κ1) is 19.2. The molecule has 4 unspecified atom stereocenters. The van der Waals surface area contributed by atoms with Gasteiger partial charge in [0.1, 0.15) is 11.5 Å². The van der Waals surface area contributed by atoms with Crippen LogP contribution in [0, 0.1) is 38.5 Å². The predicted octanol–water partition coefficient (Wildman–Crippen LogP) is 3.46. The molecule has 4 fully saturated rings. The maximum absolute atomic E-state index is 13.4. The minimum absolute atomic E-state index is 0.0320. The molecular formula is C24H33NO4. The standard InChI is InChI=1S/C24H33NO4/c1-12-13(2)21-18(14(3)20(12)26)5-6-23(4,29-21)22(27)25-19-16-7-15-8-17(19)11-24(28,9-15)10-16/h15-17,19,26,28H,5-11H2,1-4H3,(H,25,27)/t15?,16-,17+,19?,23?,24?. The van der Waals surface area contributed by atoms with E-state index in [0.29, 0.717) is 29.9 Å². The van der Waals surface area contributed by atoms with Gasteiger partial charge in [0.05, 0.1) is 5.60 Å². The Morgan fingerprint density at radius 3 is 2.34 bits per heavy atom. The summed E-state index contributed by atoms with van der Waals surface area (Å²) in [4.78, 5) is 13.4. The smallest absolute Gasteiger partial charge is 0.264 e. The molecule has 6 rings (SSSR count). The SMILES string of the molecule is Cc1c(C)c2c(c(C)c1O)CCC(C)(C(=O)NC1[C@@H]3CC4C[C@H]1CC(O)(C4)C3)O2. The molecule has 0 saturated heterocycles. The molecule has 0 radical (unpaired) electrons. The van der Waals surface area contributed by atoms with Crippen molar-refractivity contribution in [1.82, 2.24) is 5.32 Å². The van der Waals surface area contributed by atoms with Crippen molar-refractivity contribution in [2.45, 2.75) is 89.9 Å². The van der Waals surface area contributed by atoms with Gasteiger partial charge in [0.25, 0.3) is 5.91 Å². The predicted molar refractivity (Wildman–Crippen MR) is 110 cm³/mol. The number of aromatic hydroxyl groups is 1. The first-order valence-electron chi connectivity index (χ1n) is 11.1. The largest absolute Gasteiger partial charge is 0.507 e. The van der Waals surface area contributed by atoms with Crippen LogP contribution >= 0.6 is 0 Å². The number of carbonyl (C=O) groups is 1. The van der Waals surface area contributed by atoms with Gasteiger partial charge >= 0.3 is 0 Å². The Balaban J connectivity index is 1.38. The molecule has 4 saturated carbocycles. The van der Waals surface area contributed by atoms with Crippen molar-refractivity contribution in [3.05, 3.63) is 22.3 Å². The molecular weight excluding hydrogens is 366 g/mol. The fraction of sp³-hybridized carbons (Fsp3) is 0.708. The lowest BCUT2D eigenvalue weighted by atomic mass is 9.52. The van der Waals surface area contributed by atoms with Gasteiger partial charge in [-0.25, -0.2) is 0 Å². The number of nitrogens with one attached hydrogen (secondary N) is 1. The van der Waals surface area contributed by atoms with Crippen LogP contribution in [-0.2, 0) is 11.2 Å². The second kappa shape index (κ2) is 6.13. The summed E-state index contributed by atoms with van der Waals surface area (Å²) >= 11 is 0. The molecule has 4 bridgehead atoms. The van der Waals surface area contributed by atoms with Gasteiger partial charge in [-0.2, -0.15) is 0 Å². The van der Waals surface area contributed by atoms with Gasteiger partial charge in [0.2, 0.25) is 0 Å². The van der Waals surface area contributed by atoms with Crippen molar-refractivity contribution in [3.63, 3.8) is 0 Å². The molecule has 1 aliphatic heterocycles. The van der Waals surface area contributed by atoms with Crippen LogP contribution in [0.3, 0.4) is 0 Å².